The van der Waals surface area contributed by atoms with Crippen molar-refractivity contribution in [1.82, 2.24) is 9.62 Å². The Balaban J connectivity index is 1.52. The number of aryl methyl sites for hydroxylation is 1. The van der Waals surface area contributed by atoms with E-state index in [9.17, 15) is 8.60 Å². The summed E-state index contributed by atoms with van der Waals surface area (Å²) in [5.74, 6) is 1.59. The van der Waals surface area contributed by atoms with Crippen LogP contribution in [-0.2, 0) is 11.0 Å². The van der Waals surface area contributed by atoms with Gasteiger partial charge < -0.3 is 14.4 Å². The molecule has 2 aromatic rings. The molecule has 1 fully saturated rings. The third kappa shape index (κ3) is 4.82. The summed E-state index contributed by atoms with van der Waals surface area (Å²) in [5, 5.41) is 0.0363. The lowest BCUT2D eigenvalue weighted by Gasteiger charge is -2.30. The van der Waals surface area contributed by atoms with Crippen molar-refractivity contribution < 1.29 is 13.3 Å². The van der Waals surface area contributed by atoms with Gasteiger partial charge >= 0.3 is 0 Å². The molecule has 0 aromatic heterocycles. The molecule has 1 N–H and O–H groups in total. The van der Waals surface area contributed by atoms with Gasteiger partial charge in [-0.3, -0.25) is 0 Å². The van der Waals surface area contributed by atoms with Crippen molar-refractivity contribution in [2.75, 3.05) is 20.7 Å². The third-order valence-electron chi connectivity index (χ3n) is 5.71. The van der Waals surface area contributed by atoms with Crippen LogP contribution in [0.4, 0.5) is 10.1 Å². The largest absolute Gasteiger partial charge is 0.497 e. The summed E-state index contributed by atoms with van der Waals surface area (Å²) in [7, 11) is 2.31. The fourth-order valence-corrected chi connectivity index (χ4v) is 5.34. The average Bonchev–Trinajstić information content (AvgIpc) is 3.53. The van der Waals surface area contributed by atoms with Gasteiger partial charge in [-0.2, -0.15) is 0 Å². The molecule has 4 rings (SSSR count). The zero-order valence-electron chi connectivity index (χ0n) is 18.3. The van der Waals surface area contributed by atoms with E-state index in [4.69, 9.17) is 4.74 Å². The zero-order valence-corrected chi connectivity index (χ0v) is 19.1. The predicted molar refractivity (Wildman–Crippen MR) is 124 cm³/mol. The molecular formula is C24H28FN3O2S. The number of aliphatic imine (C=N–C) groups is 1. The number of benzene rings is 2. The van der Waals surface area contributed by atoms with Crippen LogP contribution < -0.4 is 9.46 Å². The fraction of sp³-hybridized carbons (Fsp3) is 0.375. The molecule has 0 amide bonds. The number of ether oxygens (including phenoxy) is 1. The van der Waals surface area contributed by atoms with Crippen molar-refractivity contribution in [3.05, 3.63) is 71.2 Å². The van der Waals surface area contributed by atoms with Gasteiger partial charge in [-0.05, 0) is 54.7 Å². The summed E-state index contributed by atoms with van der Waals surface area (Å²) in [6.07, 6.45) is 2.90. The highest BCUT2D eigenvalue weighted by atomic mass is 32.2. The lowest BCUT2D eigenvalue weighted by atomic mass is 10.1. The fourth-order valence-electron chi connectivity index (χ4n) is 3.97. The summed E-state index contributed by atoms with van der Waals surface area (Å²) < 4.78 is 35.9. The van der Waals surface area contributed by atoms with E-state index in [1.165, 1.54) is 11.6 Å². The second kappa shape index (κ2) is 8.83. The van der Waals surface area contributed by atoms with Crippen molar-refractivity contribution in [2.24, 2.45) is 10.9 Å². The number of hydrogen-bond donors (Lipinski definition) is 1. The average molecular weight is 442 g/mol. The molecule has 4 atom stereocenters. The van der Waals surface area contributed by atoms with Crippen LogP contribution in [-0.4, -0.2) is 40.9 Å². The first kappa shape index (κ1) is 21.6. The second-order valence-corrected chi connectivity index (χ2v) is 9.79. The first-order valence-electron chi connectivity index (χ1n) is 10.4. The highest BCUT2D eigenvalue weighted by Gasteiger charge is 2.44. The minimum atomic E-state index is -1.26. The number of methoxy groups -OCH3 is 1. The highest BCUT2D eigenvalue weighted by molar-refractivity contribution is 7.84. The van der Waals surface area contributed by atoms with Crippen LogP contribution >= 0.6 is 0 Å². The highest BCUT2D eigenvalue weighted by Crippen LogP contribution is 2.44. The molecule has 0 saturated heterocycles. The van der Waals surface area contributed by atoms with Crippen LogP contribution in [0.3, 0.4) is 0 Å². The Morgan fingerprint density at radius 3 is 2.65 bits per heavy atom. The molecule has 0 radical (unpaired) electrons. The van der Waals surface area contributed by atoms with E-state index in [1.54, 1.807) is 13.2 Å². The SMILES string of the molecule is COc1ccc(C2CC2S(=O)NC2=CC(C)CN(C)C2=Nc2ccc(C)cc2F)cc1. The maximum absolute atomic E-state index is 14.4. The zero-order chi connectivity index (χ0) is 22.1. The molecule has 31 heavy (non-hydrogen) atoms. The molecule has 7 heteroatoms. The minimum absolute atomic E-state index is 0.0363. The summed E-state index contributed by atoms with van der Waals surface area (Å²) >= 11 is 0. The monoisotopic (exact) mass is 441 g/mol. The van der Waals surface area contributed by atoms with Crippen molar-refractivity contribution in [1.29, 1.82) is 0 Å². The van der Waals surface area contributed by atoms with Crippen LogP contribution in [0.15, 0.2) is 59.2 Å². The summed E-state index contributed by atoms with van der Waals surface area (Å²) in [6.45, 7) is 4.71. The van der Waals surface area contributed by atoms with E-state index in [0.717, 1.165) is 24.3 Å². The van der Waals surface area contributed by atoms with Crippen molar-refractivity contribution in [3.8, 4) is 5.75 Å². The number of nitrogens with zero attached hydrogens (tertiary/aromatic N) is 2. The molecule has 1 saturated carbocycles. The van der Waals surface area contributed by atoms with E-state index >= 15 is 0 Å². The van der Waals surface area contributed by atoms with Gasteiger partial charge in [-0.1, -0.05) is 31.2 Å². The Bertz CT molecular complexity index is 1050. The summed E-state index contributed by atoms with van der Waals surface area (Å²) in [5.41, 5.74) is 2.99. The van der Waals surface area contributed by atoms with E-state index in [-0.39, 0.29) is 28.6 Å². The maximum atomic E-state index is 14.4. The smallest absolute Gasteiger partial charge is 0.153 e. The van der Waals surface area contributed by atoms with Gasteiger partial charge in [0.15, 0.2) is 5.84 Å². The second-order valence-electron chi connectivity index (χ2n) is 8.38. The van der Waals surface area contributed by atoms with Gasteiger partial charge in [0.1, 0.15) is 28.2 Å². The normalized spacial score (nSPS) is 25.2. The lowest BCUT2D eigenvalue weighted by Crippen LogP contribution is -2.41. The predicted octanol–water partition coefficient (Wildman–Crippen LogP) is 4.45. The molecule has 2 aliphatic rings. The van der Waals surface area contributed by atoms with Crippen LogP contribution in [0.25, 0.3) is 0 Å². The molecule has 1 aliphatic heterocycles. The van der Waals surface area contributed by atoms with Gasteiger partial charge in [0.05, 0.1) is 18.1 Å². The first-order valence-corrected chi connectivity index (χ1v) is 11.7. The molecule has 5 nitrogen and oxygen atoms in total. The van der Waals surface area contributed by atoms with E-state index < -0.39 is 11.0 Å². The topological polar surface area (TPSA) is 53.9 Å². The van der Waals surface area contributed by atoms with Crippen LogP contribution in [0.1, 0.15) is 30.4 Å². The quantitative estimate of drug-likeness (QED) is 0.721. The number of halogens is 1. The van der Waals surface area contributed by atoms with Crippen LogP contribution in [0.5, 0.6) is 5.75 Å². The van der Waals surface area contributed by atoms with Crippen molar-refractivity contribution in [2.45, 2.75) is 31.4 Å². The number of rotatable bonds is 6. The number of likely N-dealkylation sites (N-methyl/N-ethyl adjacent to an activating group) is 1. The third-order valence-corrected chi connectivity index (χ3v) is 7.20. The van der Waals surface area contributed by atoms with E-state index in [1.807, 2.05) is 55.3 Å². The minimum Gasteiger partial charge on any atom is -0.497 e. The number of amidine groups is 1. The molecule has 2 aromatic carbocycles. The molecule has 0 bridgehead atoms. The van der Waals surface area contributed by atoms with Crippen molar-refractivity contribution >= 4 is 22.5 Å². The maximum Gasteiger partial charge on any atom is 0.153 e. The molecule has 164 valence electrons. The van der Waals surface area contributed by atoms with Gasteiger partial charge in [-0.25, -0.2) is 13.6 Å². The Hall–Kier alpha value is -2.67. The van der Waals surface area contributed by atoms with E-state index in [2.05, 4.69) is 16.6 Å². The van der Waals surface area contributed by atoms with Gasteiger partial charge in [-0.15, -0.1) is 0 Å². The lowest BCUT2D eigenvalue weighted by molar-refractivity contribution is 0.414. The Labute approximate surface area is 185 Å². The number of nitrogens with one attached hydrogen (secondary N) is 1. The molecule has 0 spiro atoms. The van der Waals surface area contributed by atoms with Gasteiger partial charge in [0.25, 0.3) is 0 Å². The van der Waals surface area contributed by atoms with E-state index in [0.29, 0.717) is 11.5 Å². The molecule has 4 unspecified atom stereocenters. The van der Waals surface area contributed by atoms with Gasteiger partial charge in [0.2, 0.25) is 0 Å². The van der Waals surface area contributed by atoms with Gasteiger partial charge in [0, 0.05) is 19.5 Å². The van der Waals surface area contributed by atoms with Crippen molar-refractivity contribution in [3.63, 3.8) is 0 Å². The summed E-state index contributed by atoms with van der Waals surface area (Å²) in [6, 6.07) is 12.9. The Kier molecular flexibility index (Phi) is 6.14. The first-order chi connectivity index (χ1) is 14.9. The number of hydrogen-bond acceptors (Lipinski definition) is 3. The van der Waals surface area contributed by atoms with Crippen LogP contribution in [0, 0.1) is 18.7 Å². The Morgan fingerprint density at radius 2 is 1.97 bits per heavy atom. The molecular weight excluding hydrogens is 413 g/mol. The standard InChI is InChI=1S/C24H28FN3O2S/c1-15-5-10-21(20(25)11-15)26-24-22(12-16(2)14-28(24)3)27-31(29)23-13-19(23)17-6-8-18(30-4)9-7-17/h5-12,16,19,23,27H,13-14H2,1-4H3. The van der Waals surface area contributed by atoms with Crippen LogP contribution in [0.2, 0.25) is 0 Å². The molecule has 1 heterocycles. The Morgan fingerprint density at radius 1 is 1.23 bits per heavy atom. The molecule has 1 aliphatic carbocycles. The summed E-state index contributed by atoms with van der Waals surface area (Å²) in [4.78, 5) is 6.56.